The summed E-state index contributed by atoms with van der Waals surface area (Å²) in [7, 11) is -1.59. The van der Waals surface area contributed by atoms with Crippen LogP contribution in [0, 0.1) is 10.5 Å². The molecule has 0 saturated heterocycles. The summed E-state index contributed by atoms with van der Waals surface area (Å²) in [5.74, 6) is 3.47. The molecule has 86 heavy (non-hydrogen) atoms. The van der Waals surface area contributed by atoms with Crippen molar-refractivity contribution in [2.75, 3.05) is 9.80 Å². The minimum absolute atomic E-state index is 0. The first kappa shape index (κ1) is 69.5. The molecule has 0 aromatic heterocycles. The number of benzene rings is 11. The summed E-state index contributed by atoms with van der Waals surface area (Å²) in [6, 6.07) is 91.2. The monoisotopic (exact) mass is 1670 g/mol. The zero-order chi connectivity index (χ0) is 59.0. The average Bonchev–Trinajstić information content (AvgIpc) is 1.54. The number of hydrogen-bond acceptors (Lipinski definition) is 4. The van der Waals surface area contributed by atoms with Gasteiger partial charge >= 0.3 is 18.9 Å². The topological polar surface area (TPSA) is 24.9 Å². The van der Waals surface area contributed by atoms with Crippen LogP contribution in [-0.2, 0) is 0 Å². The van der Waals surface area contributed by atoms with E-state index in [0.717, 1.165) is 96.5 Å². The Labute approximate surface area is 591 Å². The van der Waals surface area contributed by atoms with Crippen molar-refractivity contribution in [2.45, 2.75) is 19.8 Å². The number of fused-ring (bicyclic) bond motifs is 4. The molecule has 0 amide bonds. The van der Waals surface area contributed by atoms with Crippen LogP contribution >= 0.6 is 145 Å². The number of anilines is 6. The predicted octanol–water partition coefficient (Wildman–Crippen LogP) is 20.7. The van der Waals surface area contributed by atoms with E-state index < -0.39 is 15.2 Å². The summed E-state index contributed by atoms with van der Waals surface area (Å²) in [5.41, 5.74) is 6.40. The molecule has 2 aliphatic rings. The molecule has 0 unspecified atom stereocenters. The summed E-state index contributed by atoms with van der Waals surface area (Å²) in [5, 5.41) is 6.17. The molecule has 0 saturated carbocycles. The third kappa shape index (κ3) is 17.7. The van der Waals surface area contributed by atoms with Crippen molar-refractivity contribution in [3.8, 4) is 23.0 Å². The van der Waals surface area contributed by atoms with E-state index in [4.69, 9.17) is 20.7 Å². The second-order valence-corrected chi connectivity index (χ2v) is 29.5. The van der Waals surface area contributed by atoms with E-state index in [9.17, 15) is 0 Å². The first-order valence-corrected chi connectivity index (χ1v) is 36.0. The molecule has 425 valence electrons. The quantitative estimate of drug-likeness (QED) is 0.0655. The molecule has 2 aliphatic heterocycles. The first-order valence-electron chi connectivity index (χ1n) is 26.6. The number of para-hydroxylation sites is 8. The molecular formula is C70H53BBr6ClILiN2O2P2. The molecular weight excluding hydrogens is 1620 g/mol. The number of rotatable bonds is 8. The van der Waals surface area contributed by atoms with Gasteiger partial charge in [-0.1, -0.05) is 250 Å². The average molecular weight is 1680 g/mol. The van der Waals surface area contributed by atoms with Crippen molar-refractivity contribution in [1.82, 2.24) is 0 Å². The van der Waals surface area contributed by atoms with Gasteiger partial charge in [-0.3, -0.25) is 0 Å². The molecule has 0 atom stereocenters. The Morgan fingerprint density at radius 1 is 0.395 bits per heavy atom. The maximum atomic E-state index is 6.55. The van der Waals surface area contributed by atoms with E-state index >= 15 is 0 Å². The third-order valence-corrected chi connectivity index (χ3v) is 25.0. The molecule has 2 heterocycles. The summed E-state index contributed by atoms with van der Waals surface area (Å²) >= 11 is 30.4. The van der Waals surface area contributed by atoms with Gasteiger partial charge in [-0.15, -0.1) is 0 Å². The fourth-order valence-corrected chi connectivity index (χ4v) is 18.0. The molecule has 13 rings (SSSR count). The van der Waals surface area contributed by atoms with Crippen LogP contribution in [0.1, 0.15) is 19.8 Å². The van der Waals surface area contributed by atoms with Crippen LogP contribution in [0.4, 0.5) is 34.1 Å². The van der Waals surface area contributed by atoms with E-state index in [0.29, 0.717) is 0 Å². The van der Waals surface area contributed by atoms with Gasteiger partial charge in [0.05, 0.1) is 30.0 Å². The SMILES string of the molecule is Brc1ccc(N2c3ccccc3Oc3ccccc32)cc1.Brc1ccccc1I.Brc1ccccc1P(c1ccc(N2c3ccccc3Oc3ccccc32)cc1)c1ccccc1Br.ClP(c1ccccc1Br)c1ccccc1Br.[B].[CH2-]CCC.[Li+]. The molecule has 16 heteroatoms. The van der Waals surface area contributed by atoms with Gasteiger partial charge in [-0.25, -0.2) is 0 Å². The number of ether oxygens (including phenoxy) is 2. The van der Waals surface area contributed by atoms with E-state index in [1.165, 1.54) is 30.4 Å². The van der Waals surface area contributed by atoms with Crippen LogP contribution in [0.25, 0.3) is 0 Å². The standard InChI is InChI=1S/C30H20Br2NOP.C18H12BrNO.C12H8Br2ClP.C6H4BrI.C4H9.B.Li/c31-23-9-1-7-15-29(23)35(30-16-8-2-10-24(30)32)22-19-17-21(18-20-22)33-25-11-3-5-13-27(25)34-28-14-6-4-12-26(28)33;19-13-9-11-14(12-10-13)20-15-5-1-3-7-17(15)21-18-8-4-2-6-16(18)20;13-9-5-1-3-7-11(9)16(15)12-8-4-2-6-10(12)14;7-5-3-1-2-4-6(5)8;1-3-4-2;;/h1-20H;1-12H;1-8H;1-4H;1,3-4H2,2H3;;/q;;;;-1;;+1. The second kappa shape index (κ2) is 34.9. The van der Waals surface area contributed by atoms with Crippen LogP contribution < -0.4 is 64.7 Å². The van der Waals surface area contributed by atoms with Crippen molar-refractivity contribution >= 4 is 214 Å². The van der Waals surface area contributed by atoms with Crippen LogP contribution in [0.5, 0.6) is 23.0 Å². The molecule has 3 radical (unpaired) electrons. The van der Waals surface area contributed by atoms with Crippen LogP contribution in [0.3, 0.4) is 0 Å². The minimum atomic E-state index is -0.834. The van der Waals surface area contributed by atoms with Gasteiger partial charge in [0.2, 0.25) is 0 Å². The Morgan fingerprint density at radius 2 is 0.674 bits per heavy atom. The Bertz CT molecular complexity index is 3770. The van der Waals surface area contributed by atoms with Crippen molar-refractivity contribution in [1.29, 1.82) is 0 Å². The zero-order valence-electron chi connectivity index (χ0n) is 46.7. The predicted molar refractivity (Wildman–Crippen MR) is 397 cm³/mol. The largest absolute Gasteiger partial charge is 1.00 e. The molecule has 0 fully saturated rings. The zero-order valence-corrected chi connectivity index (χ0v) is 60.9. The molecule has 4 nitrogen and oxygen atoms in total. The van der Waals surface area contributed by atoms with Gasteiger partial charge in [0, 0.05) is 60.8 Å². The van der Waals surface area contributed by atoms with Gasteiger partial charge in [-0.05, 0) is 184 Å². The summed E-state index contributed by atoms with van der Waals surface area (Å²) < 4.78 is 20.1. The van der Waals surface area contributed by atoms with Gasteiger partial charge < -0.3 is 26.2 Å². The normalized spacial score (nSPS) is 11.2. The van der Waals surface area contributed by atoms with Crippen molar-refractivity contribution < 1.29 is 28.3 Å². The maximum Gasteiger partial charge on any atom is 1.00 e. The van der Waals surface area contributed by atoms with Crippen LogP contribution in [0.15, 0.2) is 294 Å². The minimum Gasteiger partial charge on any atom is -0.453 e. The number of unbranched alkanes of at least 4 members (excludes halogenated alkanes) is 1. The third-order valence-electron chi connectivity index (χ3n) is 12.8. The number of halogens is 8. The number of hydrogen-bond donors (Lipinski definition) is 0. The maximum absolute atomic E-state index is 6.55. The van der Waals surface area contributed by atoms with E-state index in [2.05, 4.69) is 293 Å². The molecule has 0 aliphatic carbocycles. The first-order chi connectivity index (χ1) is 40.9. The molecule has 11 aromatic carbocycles. The van der Waals surface area contributed by atoms with Crippen molar-refractivity contribution in [2.24, 2.45) is 0 Å². The van der Waals surface area contributed by atoms with E-state index in [1.54, 1.807) is 0 Å². The van der Waals surface area contributed by atoms with Gasteiger partial charge in [-0.2, -0.15) is 6.42 Å². The van der Waals surface area contributed by atoms with E-state index in [-0.39, 0.29) is 27.3 Å². The Morgan fingerprint density at radius 3 is 0.977 bits per heavy atom. The summed E-state index contributed by atoms with van der Waals surface area (Å²) in [4.78, 5) is 4.50. The Kier molecular flexibility index (Phi) is 28.2. The van der Waals surface area contributed by atoms with Gasteiger partial charge in [0.1, 0.15) is 0 Å². The van der Waals surface area contributed by atoms with Crippen molar-refractivity contribution in [3.63, 3.8) is 0 Å². The molecule has 0 N–H and O–H groups in total. The van der Waals surface area contributed by atoms with Crippen LogP contribution in [0.2, 0.25) is 0 Å². The second-order valence-electron chi connectivity index (χ2n) is 18.4. The summed E-state index contributed by atoms with van der Waals surface area (Å²) in [6.07, 6.45) is 2.28. The van der Waals surface area contributed by atoms with E-state index in [1.807, 2.05) is 115 Å². The fourth-order valence-electron chi connectivity index (χ4n) is 8.77. The number of nitrogens with zero attached hydrogens (tertiary/aromatic N) is 2. The summed E-state index contributed by atoms with van der Waals surface area (Å²) in [6.45, 7) is 5.72. The molecule has 0 spiro atoms. The molecule has 0 bridgehead atoms. The van der Waals surface area contributed by atoms with Crippen LogP contribution in [-0.4, -0.2) is 8.41 Å². The van der Waals surface area contributed by atoms with Gasteiger partial charge in [0.15, 0.2) is 23.0 Å². The Hall–Kier alpha value is -3.96. The van der Waals surface area contributed by atoms with Gasteiger partial charge in [0.25, 0.3) is 0 Å². The molecule has 11 aromatic rings. The fraction of sp³-hybridized carbons (Fsp3) is 0.0429. The smallest absolute Gasteiger partial charge is 0.453 e. The van der Waals surface area contributed by atoms with Crippen molar-refractivity contribution in [3.05, 3.63) is 304 Å². The Balaban J connectivity index is 0.000000177.